The van der Waals surface area contributed by atoms with Crippen LogP contribution in [0.3, 0.4) is 0 Å². The molecule has 1 aliphatic heterocycles. The van der Waals surface area contributed by atoms with Crippen LogP contribution < -0.4 is 16.2 Å². The molecule has 3 N–H and O–H groups in total. The van der Waals surface area contributed by atoms with Crippen LogP contribution in [0.2, 0.25) is 0 Å². The third-order valence-corrected chi connectivity index (χ3v) is 3.45. The summed E-state index contributed by atoms with van der Waals surface area (Å²) in [4.78, 5) is 18.0. The molecule has 88 valence electrons. The topological polar surface area (TPSA) is 69.8 Å². The van der Waals surface area contributed by atoms with Gasteiger partial charge >= 0.3 is 0 Å². The number of rotatable bonds is 2. The molecule has 1 aromatic rings. The number of H-pyrrole nitrogens is 1. The molecule has 1 unspecified atom stereocenters. The lowest BCUT2D eigenvalue weighted by Crippen LogP contribution is -2.23. The van der Waals surface area contributed by atoms with Crippen molar-refractivity contribution in [2.75, 3.05) is 18.4 Å². The second-order valence-electron chi connectivity index (χ2n) is 3.92. The summed E-state index contributed by atoms with van der Waals surface area (Å²) < 4.78 is 0.479. The van der Waals surface area contributed by atoms with E-state index in [1.54, 1.807) is 0 Å². The van der Waals surface area contributed by atoms with Crippen LogP contribution in [-0.2, 0) is 0 Å². The first-order chi connectivity index (χ1) is 7.77. The third kappa shape index (κ3) is 2.82. The Bertz CT molecular complexity index is 398. The van der Waals surface area contributed by atoms with Crippen molar-refractivity contribution in [1.82, 2.24) is 15.3 Å². The molecule has 1 fully saturated rings. The van der Waals surface area contributed by atoms with Crippen LogP contribution in [0.4, 0.5) is 5.82 Å². The average Bonchev–Trinajstić information content (AvgIpc) is 2.53. The molecule has 0 amide bonds. The summed E-state index contributed by atoms with van der Waals surface area (Å²) in [6.45, 7) is 2.08. The lowest BCUT2D eigenvalue weighted by Gasteiger charge is -2.16. The highest BCUT2D eigenvalue weighted by molar-refractivity contribution is 9.10. The molecule has 0 radical (unpaired) electrons. The van der Waals surface area contributed by atoms with Gasteiger partial charge in [0.15, 0.2) is 0 Å². The maximum absolute atomic E-state index is 11.4. The first kappa shape index (κ1) is 11.6. The Morgan fingerprint density at radius 3 is 3.19 bits per heavy atom. The van der Waals surface area contributed by atoms with Gasteiger partial charge < -0.3 is 15.6 Å². The summed E-state index contributed by atoms with van der Waals surface area (Å²) >= 11 is 3.24. The molecular weight excluding hydrogens is 272 g/mol. The fourth-order valence-electron chi connectivity index (χ4n) is 1.84. The van der Waals surface area contributed by atoms with E-state index in [2.05, 4.69) is 36.5 Å². The van der Waals surface area contributed by atoms with Crippen LogP contribution >= 0.6 is 15.9 Å². The Hall–Kier alpha value is -0.880. The molecule has 2 heterocycles. The standard InChI is InChI=1S/C10H15BrN4O/c11-8-9(13-6-14-10(8)16)15-7-2-1-4-12-5-3-7/h6-7,12H,1-5H2,(H2,13,14,15,16). The van der Waals surface area contributed by atoms with Crippen molar-refractivity contribution in [3.8, 4) is 0 Å². The lowest BCUT2D eigenvalue weighted by atomic mass is 10.1. The number of aromatic amines is 1. The highest BCUT2D eigenvalue weighted by Crippen LogP contribution is 2.17. The van der Waals surface area contributed by atoms with E-state index in [0.29, 0.717) is 16.3 Å². The van der Waals surface area contributed by atoms with Gasteiger partial charge in [-0.3, -0.25) is 4.79 Å². The minimum atomic E-state index is -0.149. The Kier molecular flexibility index (Phi) is 3.95. The largest absolute Gasteiger partial charge is 0.366 e. The molecule has 6 heteroatoms. The van der Waals surface area contributed by atoms with Gasteiger partial charge in [-0.2, -0.15) is 0 Å². The highest BCUT2D eigenvalue weighted by atomic mass is 79.9. The Balaban J connectivity index is 2.07. The molecule has 1 aromatic heterocycles. The van der Waals surface area contributed by atoms with Crippen LogP contribution in [-0.4, -0.2) is 29.1 Å². The fraction of sp³-hybridized carbons (Fsp3) is 0.600. The van der Waals surface area contributed by atoms with Crippen LogP contribution in [0.5, 0.6) is 0 Å². The van der Waals surface area contributed by atoms with Gasteiger partial charge in [0.05, 0.1) is 6.33 Å². The van der Waals surface area contributed by atoms with Crippen molar-refractivity contribution in [3.63, 3.8) is 0 Å². The molecule has 2 rings (SSSR count). The number of halogens is 1. The van der Waals surface area contributed by atoms with Crippen LogP contribution in [0.1, 0.15) is 19.3 Å². The van der Waals surface area contributed by atoms with E-state index in [1.807, 2.05) is 0 Å². The van der Waals surface area contributed by atoms with Gasteiger partial charge in [-0.1, -0.05) is 0 Å². The zero-order chi connectivity index (χ0) is 11.4. The molecule has 5 nitrogen and oxygen atoms in total. The predicted molar refractivity (Wildman–Crippen MR) is 66.7 cm³/mol. The number of hydrogen-bond acceptors (Lipinski definition) is 4. The first-order valence-electron chi connectivity index (χ1n) is 5.48. The van der Waals surface area contributed by atoms with E-state index >= 15 is 0 Å². The second kappa shape index (κ2) is 5.45. The highest BCUT2D eigenvalue weighted by Gasteiger charge is 2.14. The van der Waals surface area contributed by atoms with Gasteiger partial charge in [-0.05, 0) is 48.3 Å². The summed E-state index contributed by atoms with van der Waals surface area (Å²) in [5, 5.41) is 6.66. The van der Waals surface area contributed by atoms with Crippen molar-refractivity contribution in [2.45, 2.75) is 25.3 Å². The fourth-order valence-corrected chi connectivity index (χ4v) is 2.17. The van der Waals surface area contributed by atoms with E-state index < -0.39 is 0 Å². The summed E-state index contributed by atoms with van der Waals surface area (Å²) in [7, 11) is 0. The van der Waals surface area contributed by atoms with Crippen molar-refractivity contribution < 1.29 is 0 Å². The van der Waals surface area contributed by atoms with Crippen LogP contribution in [0.25, 0.3) is 0 Å². The Morgan fingerprint density at radius 1 is 1.44 bits per heavy atom. The molecule has 0 aromatic carbocycles. The van der Waals surface area contributed by atoms with Crippen molar-refractivity contribution >= 4 is 21.7 Å². The van der Waals surface area contributed by atoms with Crippen molar-refractivity contribution in [1.29, 1.82) is 0 Å². The summed E-state index contributed by atoms with van der Waals surface area (Å²) in [6, 6.07) is 0.389. The maximum Gasteiger partial charge on any atom is 0.267 e. The zero-order valence-corrected chi connectivity index (χ0v) is 10.5. The van der Waals surface area contributed by atoms with Gasteiger partial charge in [0, 0.05) is 6.04 Å². The average molecular weight is 287 g/mol. The molecule has 0 saturated carbocycles. The maximum atomic E-state index is 11.4. The van der Waals surface area contributed by atoms with Crippen molar-refractivity contribution in [2.24, 2.45) is 0 Å². The number of hydrogen-bond donors (Lipinski definition) is 3. The zero-order valence-electron chi connectivity index (χ0n) is 8.92. The minimum absolute atomic E-state index is 0.149. The van der Waals surface area contributed by atoms with Gasteiger partial charge in [0.1, 0.15) is 10.3 Å². The predicted octanol–water partition coefficient (Wildman–Crippen LogP) is 1.09. The lowest BCUT2D eigenvalue weighted by molar-refractivity contribution is 0.634. The number of aromatic nitrogens is 2. The summed E-state index contributed by atoms with van der Waals surface area (Å²) in [5.41, 5.74) is -0.149. The first-order valence-corrected chi connectivity index (χ1v) is 6.27. The molecule has 1 saturated heterocycles. The normalized spacial score (nSPS) is 21.4. The molecule has 1 atom stereocenters. The van der Waals surface area contributed by atoms with Gasteiger partial charge in [0.25, 0.3) is 5.56 Å². The number of nitrogens with zero attached hydrogens (tertiary/aromatic N) is 1. The van der Waals surface area contributed by atoms with E-state index in [-0.39, 0.29) is 5.56 Å². The number of anilines is 1. The molecule has 0 bridgehead atoms. The van der Waals surface area contributed by atoms with Gasteiger partial charge in [-0.15, -0.1) is 0 Å². The second-order valence-corrected chi connectivity index (χ2v) is 4.71. The van der Waals surface area contributed by atoms with E-state index in [4.69, 9.17) is 0 Å². The molecule has 1 aliphatic rings. The molecule has 0 spiro atoms. The third-order valence-electron chi connectivity index (χ3n) is 2.71. The summed E-state index contributed by atoms with van der Waals surface area (Å²) in [6.07, 6.45) is 4.73. The monoisotopic (exact) mass is 286 g/mol. The van der Waals surface area contributed by atoms with Gasteiger partial charge in [-0.25, -0.2) is 4.98 Å². The molecule has 0 aliphatic carbocycles. The number of nitrogens with one attached hydrogen (secondary N) is 3. The quantitative estimate of drug-likeness (QED) is 0.761. The smallest absolute Gasteiger partial charge is 0.267 e. The molecule has 16 heavy (non-hydrogen) atoms. The van der Waals surface area contributed by atoms with E-state index in [1.165, 1.54) is 6.33 Å². The van der Waals surface area contributed by atoms with Gasteiger partial charge in [0.2, 0.25) is 0 Å². The Labute approximate surface area is 102 Å². The Morgan fingerprint density at radius 2 is 2.31 bits per heavy atom. The van der Waals surface area contributed by atoms with Crippen LogP contribution in [0, 0.1) is 0 Å². The van der Waals surface area contributed by atoms with Crippen molar-refractivity contribution in [3.05, 3.63) is 21.2 Å². The SMILES string of the molecule is O=c1[nH]cnc(NC2CCCNCC2)c1Br. The molecular formula is C10H15BrN4O. The summed E-state index contributed by atoms with van der Waals surface area (Å²) in [5.74, 6) is 0.635. The minimum Gasteiger partial charge on any atom is -0.366 e. The van der Waals surface area contributed by atoms with E-state index in [9.17, 15) is 4.79 Å². The van der Waals surface area contributed by atoms with E-state index in [0.717, 1.165) is 32.4 Å². The van der Waals surface area contributed by atoms with Crippen LogP contribution in [0.15, 0.2) is 15.6 Å².